The second kappa shape index (κ2) is 14.1. The second-order valence-electron chi connectivity index (χ2n) is 2.64. The molecule has 0 atom stereocenters. The summed E-state index contributed by atoms with van der Waals surface area (Å²) in [7, 11) is 0. The maximum atomic E-state index is 4.35. The third-order valence-corrected chi connectivity index (χ3v) is 1.23. The van der Waals surface area contributed by atoms with Crippen LogP contribution in [0.2, 0.25) is 0 Å². The molecule has 13 heavy (non-hydrogen) atoms. The van der Waals surface area contributed by atoms with Gasteiger partial charge in [0.25, 0.3) is 0 Å². The summed E-state index contributed by atoms with van der Waals surface area (Å²) in [4.78, 5) is 7.42. The summed E-state index contributed by atoms with van der Waals surface area (Å²) < 4.78 is 0. The van der Waals surface area contributed by atoms with Crippen LogP contribution in [0.15, 0.2) is 9.98 Å². The van der Waals surface area contributed by atoms with Crippen molar-refractivity contribution >= 4 is 34.8 Å². The van der Waals surface area contributed by atoms with Crippen LogP contribution in [0.5, 0.6) is 0 Å². The predicted molar refractivity (Wildman–Crippen MR) is 65.0 cm³/mol. The van der Waals surface area contributed by atoms with Crippen LogP contribution in [0, 0.1) is 0 Å². The molecule has 0 aliphatic heterocycles. The van der Waals surface area contributed by atoms with Gasteiger partial charge in [-0.15, -0.1) is 0 Å². The zero-order valence-corrected chi connectivity index (χ0v) is 10.0. The normalized spacial score (nSPS) is 7.69. The minimum absolute atomic E-state index is 0.308. The van der Waals surface area contributed by atoms with Crippen LogP contribution in [0.3, 0.4) is 0 Å². The van der Waals surface area contributed by atoms with Crippen molar-refractivity contribution in [2.75, 3.05) is 6.54 Å². The molecule has 0 saturated carbocycles. The minimum Gasteiger partial charge on any atom is -0.233 e. The van der Waals surface area contributed by atoms with E-state index in [1.807, 2.05) is 13.8 Å². The number of thiocarbonyl (C=S) groups is 2. The third-order valence-electron chi connectivity index (χ3n) is 0.999. The summed E-state index contributed by atoms with van der Waals surface area (Å²) in [6, 6.07) is 0.308. The van der Waals surface area contributed by atoms with Gasteiger partial charge in [-0.1, -0.05) is 13.3 Å². The van der Waals surface area contributed by atoms with E-state index in [9.17, 15) is 0 Å². The first-order valence-corrected chi connectivity index (χ1v) is 5.11. The van der Waals surface area contributed by atoms with Crippen molar-refractivity contribution in [1.29, 1.82) is 0 Å². The number of nitrogens with zero attached hydrogens (tertiary/aromatic N) is 2. The van der Waals surface area contributed by atoms with Crippen LogP contribution >= 0.6 is 24.4 Å². The molecule has 2 nitrogen and oxygen atoms in total. The van der Waals surface area contributed by atoms with Gasteiger partial charge in [-0.2, -0.15) is 0 Å². The second-order valence-corrected chi connectivity index (χ2v) is 3.01. The van der Waals surface area contributed by atoms with Crippen LogP contribution in [0.1, 0.15) is 33.6 Å². The van der Waals surface area contributed by atoms with Gasteiger partial charge in [0.15, 0.2) is 0 Å². The van der Waals surface area contributed by atoms with Gasteiger partial charge in [-0.05, 0) is 44.7 Å². The third kappa shape index (κ3) is 24.5. The first-order chi connectivity index (χ1) is 6.18. The Labute approximate surface area is 91.2 Å². The highest BCUT2D eigenvalue weighted by atomic mass is 32.1. The van der Waals surface area contributed by atoms with Crippen LogP contribution in [0.25, 0.3) is 0 Å². The van der Waals surface area contributed by atoms with Crippen molar-refractivity contribution in [2.24, 2.45) is 9.98 Å². The first-order valence-electron chi connectivity index (χ1n) is 4.29. The topological polar surface area (TPSA) is 24.7 Å². The molecule has 0 aromatic rings. The summed E-state index contributed by atoms with van der Waals surface area (Å²) in [6.07, 6.45) is 2.31. The van der Waals surface area contributed by atoms with Crippen molar-refractivity contribution in [2.45, 2.75) is 39.7 Å². The number of hydrogen-bond acceptors (Lipinski definition) is 4. The summed E-state index contributed by atoms with van der Waals surface area (Å²) in [5.41, 5.74) is 0. The Morgan fingerprint density at radius 3 is 2.08 bits per heavy atom. The number of hydrogen-bond donors (Lipinski definition) is 0. The van der Waals surface area contributed by atoms with Crippen LogP contribution in [-0.2, 0) is 0 Å². The van der Waals surface area contributed by atoms with E-state index in [0.29, 0.717) is 6.04 Å². The summed E-state index contributed by atoms with van der Waals surface area (Å²) in [5.74, 6) is 0. The van der Waals surface area contributed by atoms with Crippen LogP contribution in [0.4, 0.5) is 0 Å². The highest BCUT2D eigenvalue weighted by Crippen LogP contribution is 1.83. The Hall–Kier alpha value is -0.400. The smallest absolute Gasteiger partial charge is 0.0587 e. The SMILES string of the molecule is CC(C)N=C=S.CCCCN=C=S. The van der Waals surface area contributed by atoms with Crippen molar-refractivity contribution in [3.8, 4) is 0 Å². The quantitative estimate of drug-likeness (QED) is 0.409. The van der Waals surface area contributed by atoms with Crippen LogP contribution < -0.4 is 0 Å². The molecule has 0 unspecified atom stereocenters. The molecule has 0 bridgehead atoms. The van der Waals surface area contributed by atoms with E-state index in [2.05, 4.69) is 51.7 Å². The number of rotatable bonds is 4. The standard InChI is InChI=1S/C5H9NS.C4H7NS/c1-2-3-4-6-5-7;1-4(2)5-3-6/h2-4H2,1H3;4H,1-2H3. The van der Waals surface area contributed by atoms with Gasteiger partial charge < -0.3 is 0 Å². The maximum Gasteiger partial charge on any atom is 0.0587 e. The fourth-order valence-electron chi connectivity index (χ4n) is 0.388. The average molecular weight is 216 g/mol. The Morgan fingerprint density at radius 2 is 1.85 bits per heavy atom. The number of unbranched alkanes of at least 4 members (excludes halogenated alkanes) is 1. The van der Waals surface area contributed by atoms with E-state index in [0.717, 1.165) is 13.0 Å². The van der Waals surface area contributed by atoms with Gasteiger partial charge in [-0.25, -0.2) is 9.98 Å². The molecule has 0 rings (SSSR count). The molecule has 0 aliphatic carbocycles. The molecule has 74 valence electrons. The minimum atomic E-state index is 0.308. The van der Waals surface area contributed by atoms with Crippen molar-refractivity contribution in [1.82, 2.24) is 0 Å². The Bertz CT molecular complexity index is 190. The Morgan fingerprint density at radius 1 is 1.23 bits per heavy atom. The van der Waals surface area contributed by atoms with Gasteiger partial charge in [0.05, 0.1) is 16.4 Å². The fraction of sp³-hybridized carbons (Fsp3) is 0.778. The van der Waals surface area contributed by atoms with E-state index in [4.69, 9.17) is 0 Å². The van der Waals surface area contributed by atoms with E-state index in [1.54, 1.807) is 0 Å². The summed E-state index contributed by atoms with van der Waals surface area (Å²) in [5, 5.41) is 4.59. The molecular formula is C9H16N2S2. The molecule has 0 saturated heterocycles. The summed E-state index contributed by atoms with van der Waals surface area (Å²) in [6.45, 7) is 6.89. The fourth-order valence-corrected chi connectivity index (χ4v) is 0.690. The van der Waals surface area contributed by atoms with Crippen molar-refractivity contribution < 1.29 is 0 Å². The van der Waals surface area contributed by atoms with Crippen molar-refractivity contribution in [3.63, 3.8) is 0 Å². The van der Waals surface area contributed by atoms with E-state index in [1.165, 1.54) is 6.42 Å². The zero-order valence-electron chi connectivity index (χ0n) is 8.41. The number of aliphatic imine (C=N–C) groups is 2. The Kier molecular flexibility index (Phi) is 16.4. The molecule has 0 aromatic heterocycles. The molecular weight excluding hydrogens is 200 g/mol. The average Bonchev–Trinajstić information content (AvgIpc) is 2.06. The lowest BCUT2D eigenvalue weighted by molar-refractivity contribution is 0.811. The Balaban J connectivity index is 0. The highest BCUT2D eigenvalue weighted by molar-refractivity contribution is 7.78. The lowest BCUT2D eigenvalue weighted by Crippen LogP contribution is -1.83. The highest BCUT2D eigenvalue weighted by Gasteiger charge is 1.77. The molecule has 0 fully saturated rings. The molecule has 0 heterocycles. The van der Waals surface area contributed by atoms with Gasteiger partial charge in [0.1, 0.15) is 0 Å². The predicted octanol–water partition coefficient (Wildman–Crippen LogP) is 3.39. The lowest BCUT2D eigenvalue weighted by Gasteiger charge is -1.83. The largest absolute Gasteiger partial charge is 0.233 e. The molecule has 0 aliphatic rings. The van der Waals surface area contributed by atoms with Gasteiger partial charge in [0, 0.05) is 6.54 Å². The van der Waals surface area contributed by atoms with Gasteiger partial charge >= 0.3 is 0 Å². The van der Waals surface area contributed by atoms with Gasteiger partial charge in [-0.3, -0.25) is 0 Å². The molecule has 0 amide bonds. The monoisotopic (exact) mass is 216 g/mol. The van der Waals surface area contributed by atoms with E-state index < -0.39 is 0 Å². The lowest BCUT2D eigenvalue weighted by atomic mass is 10.3. The summed E-state index contributed by atoms with van der Waals surface area (Å²) >= 11 is 8.66. The molecule has 0 N–H and O–H groups in total. The first kappa shape index (κ1) is 15.1. The van der Waals surface area contributed by atoms with E-state index >= 15 is 0 Å². The van der Waals surface area contributed by atoms with Crippen molar-refractivity contribution in [3.05, 3.63) is 0 Å². The molecule has 4 heteroatoms. The maximum absolute atomic E-state index is 4.35. The molecule has 0 radical (unpaired) electrons. The van der Waals surface area contributed by atoms with Gasteiger partial charge in [0.2, 0.25) is 0 Å². The van der Waals surface area contributed by atoms with Crippen LogP contribution in [-0.4, -0.2) is 22.9 Å². The van der Waals surface area contributed by atoms with E-state index in [-0.39, 0.29) is 0 Å². The zero-order chi connectivity index (χ0) is 10.5. The molecule has 0 aromatic carbocycles. The number of isothiocyanates is 2. The molecule has 0 spiro atoms.